The van der Waals surface area contributed by atoms with Crippen molar-refractivity contribution >= 4 is 22.9 Å². The van der Waals surface area contributed by atoms with Gasteiger partial charge in [0.05, 0.1) is 0 Å². The van der Waals surface area contributed by atoms with Crippen molar-refractivity contribution in [2.24, 2.45) is 0 Å². The van der Waals surface area contributed by atoms with Gasteiger partial charge in [-0.3, -0.25) is 10.2 Å². The molecule has 0 aromatic rings. The highest BCUT2D eigenvalue weighted by Crippen LogP contribution is 2.14. The van der Waals surface area contributed by atoms with Crippen molar-refractivity contribution in [3.05, 3.63) is 12.2 Å². The van der Waals surface area contributed by atoms with Gasteiger partial charge in [0.2, 0.25) is 0 Å². The molecule has 1 atom stereocenters. The Morgan fingerprint density at radius 3 is 1.50 bits per heavy atom. The lowest BCUT2D eigenvalue weighted by Gasteiger charge is -2.17. The molecule has 1 amide bonds. The minimum absolute atomic E-state index is 0. The number of amides is 1. The van der Waals surface area contributed by atoms with Crippen LogP contribution in [-0.2, 0) is 4.79 Å². The zero-order chi connectivity index (χ0) is 20.2. The average Bonchev–Trinajstić information content (AvgIpc) is 2.66. The second-order valence-corrected chi connectivity index (χ2v) is 8.22. The van der Waals surface area contributed by atoms with Gasteiger partial charge in [-0.25, -0.2) is 5.43 Å². The Balaban J connectivity index is 0. The van der Waals surface area contributed by atoms with Crippen molar-refractivity contribution in [2.75, 3.05) is 0 Å². The molecule has 0 saturated heterocycles. The second kappa shape index (κ2) is 22.9. The number of hydrazine groups is 1. The van der Waals surface area contributed by atoms with Gasteiger partial charge in [-0.15, -0.1) is 17.0 Å². The summed E-state index contributed by atoms with van der Waals surface area (Å²) in [5.41, 5.74) is 6.43. The van der Waals surface area contributed by atoms with Crippen LogP contribution in [0.15, 0.2) is 12.2 Å². The van der Waals surface area contributed by atoms with Crippen LogP contribution in [0.25, 0.3) is 0 Å². The molecular formula is C24H49BrN2O. The molecule has 0 aliphatic carbocycles. The number of rotatable bonds is 20. The standard InChI is InChI=1S/C24H48N2O.BrH/c1-5-7-8-9-10-11-12-13-14-15-16-17-18-19-20-21-23(6-2)25-26-24(27)22(3)4;/h23,25H,3,5-21H2,1-2,4H3,(H,26,27);1H. The lowest BCUT2D eigenvalue weighted by atomic mass is 10.0. The molecule has 168 valence electrons. The molecule has 0 spiro atoms. The van der Waals surface area contributed by atoms with E-state index in [2.05, 4.69) is 31.3 Å². The summed E-state index contributed by atoms with van der Waals surface area (Å²) in [7, 11) is 0. The van der Waals surface area contributed by atoms with E-state index in [1.54, 1.807) is 6.92 Å². The molecule has 0 rings (SSSR count). The SMILES string of the molecule is Br.C=C(C)C(=O)NNC(CC)CCCCCCCCCCCCCCCCC. The minimum atomic E-state index is -0.107. The fourth-order valence-electron chi connectivity index (χ4n) is 3.41. The highest BCUT2D eigenvalue weighted by molar-refractivity contribution is 8.93. The van der Waals surface area contributed by atoms with Gasteiger partial charge in [0.1, 0.15) is 0 Å². The third-order valence-corrected chi connectivity index (χ3v) is 5.43. The summed E-state index contributed by atoms with van der Waals surface area (Å²) < 4.78 is 0. The zero-order valence-electron chi connectivity index (χ0n) is 19.1. The van der Waals surface area contributed by atoms with E-state index in [0.29, 0.717) is 11.6 Å². The number of nitrogens with one attached hydrogen (secondary N) is 2. The smallest absolute Gasteiger partial charge is 0.260 e. The third-order valence-electron chi connectivity index (χ3n) is 5.43. The van der Waals surface area contributed by atoms with Gasteiger partial charge in [0.15, 0.2) is 0 Å². The number of carbonyl (C=O) groups excluding carboxylic acids is 1. The molecule has 0 aromatic carbocycles. The maximum atomic E-state index is 11.5. The predicted octanol–water partition coefficient (Wildman–Crippen LogP) is 7.80. The van der Waals surface area contributed by atoms with Crippen LogP contribution in [0.1, 0.15) is 130 Å². The van der Waals surface area contributed by atoms with E-state index < -0.39 is 0 Å². The second-order valence-electron chi connectivity index (χ2n) is 8.22. The Morgan fingerprint density at radius 1 is 0.750 bits per heavy atom. The summed E-state index contributed by atoms with van der Waals surface area (Å²) in [6, 6.07) is 0.371. The molecule has 2 N–H and O–H groups in total. The fourth-order valence-corrected chi connectivity index (χ4v) is 3.41. The van der Waals surface area contributed by atoms with Crippen molar-refractivity contribution in [1.82, 2.24) is 10.9 Å². The lowest BCUT2D eigenvalue weighted by Crippen LogP contribution is -2.44. The van der Waals surface area contributed by atoms with Crippen LogP contribution in [0.5, 0.6) is 0 Å². The first-order chi connectivity index (χ1) is 13.1. The summed E-state index contributed by atoms with van der Waals surface area (Å²) in [6.07, 6.45) is 23.1. The maximum absolute atomic E-state index is 11.5. The first-order valence-corrected chi connectivity index (χ1v) is 11.8. The van der Waals surface area contributed by atoms with E-state index in [-0.39, 0.29) is 22.9 Å². The third kappa shape index (κ3) is 20.4. The highest BCUT2D eigenvalue weighted by atomic mass is 79.9. The van der Waals surface area contributed by atoms with Crippen molar-refractivity contribution in [3.8, 4) is 0 Å². The first-order valence-electron chi connectivity index (χ1n) is 11.8. The topological polar surface area (TPSA) is 41.1 Å². The molecule has 0 aliphatic rings. The van der Waals surface area contributed by atoms with E-state index in [4.69, 9.17) is 0 Å². The van der Waals surface area contributed by atoms with Crippen molar-refractivity contribution < 1.29 is 4.79 Å². The van der Waals surface area contributed by atoms with Crippen molar-refractivity contribution in [1.29, 1.82) is 0 Å². The van der Waals surface area contributed by atoms with Gasteiger partial charge < -0.3 is 0 Å². The summed E-state index contributed by atoms with van der Waals surface area (Å²) in [5.74, 6) is -0.107. The van der Waals surface area contributed by atoms with E-state index in [1.165, 1.54) is 96.3 Å². The van der Waals surface area contributed by atoms with Crippen LogP contribution in [0.3, 0.4) is 0 Å². The highest BCUT2D eigenvalue weighted by Gasteiger charge is 2.07. The quantitative estimate of drug-likeness (QED) is 0.110. The van der Waals surface area contributed by atoms with Crippen molar-refractivity contribution in [2.45, 2.75) is 136 Å². The maximum Gasteiger partial charge on any atom is 0.260 e. The van der Waals surface area contributed by atoms with Gasteiger partial charge in [-0.1, -0.05) is 117 Å². The molecule has 4 heteroatoms. The Bertz CT molecular complexity index is 361. The van der Waals surface area contributed by atoms with E-state index in [0.717, 1.165) is 12.8 Å². The summed E-state index contributed by atoms with van der Waals surface area (Å²) >= 11 is 0. The molecule has 28 heavy (non-hydrogen) atoms. The number of hydrogen-bond acceptors (Lipinski definition) is 2. The Kier molecular flexibility index (Phi) is 24.4. The van der Waals surface area contributed by atoms with Crippen LogP contribution >= 0.6 is 17.0 Å². The normalized spacial score (nSPS) is 11.7. The monoisotopic (exact) mass is 460 g/mol. The summed E-state index contributed by atoms with van der Waals surface area (Å²) in [6.45, 7) is 9.83. The van der Waals surface area contributed by atoms with Gasteiger partial charge in [-0.2, -0.15) is 0 Å². The van der Waals surface area contributed by atoms with E-state index in [1.807, 2.05) is 0 Å². The summed E-state index contributed by atoms with van der Waals surface area (Å²) in [5, 5.41) is 0. The molecule has 0 aliphatic heterocycles. The van der Waals surface area contributed by atoms with E-state index >= 15 is 0 Å². The van der Waals surface area contributed by atoms with Gasteiger partial charge >= 0.3 is 0 Å². The van der Waals surface area contributed by atoms with Crippen LogP contribution in [-0.4, -0.2) is 11.9 Å². The Hall–Kier alpha value is -0.350. The molecule has 0 radical (unpaired) electrons. The van der Waals surface area contributed by atoms with Crippen molar-refractivity contribution in [3.63, 3.8) is 0 Å². The molecule has 0 bridgehead atoms. The minimum Gasteiger partial charge on any atom is -0.288 e. The number of halogens is 1. The average molecular weight is 462 g/mol. The largest absolute Gasteiger partial charge is 0.288 e. The molecule has 1 unspecified atom stereocenters. The zero-order valence-corrected chi connectivity index (χ0v) is 20.8. The van der Waals surface area contributed by atoms with Gasteiger partial charge in [0.25, 0.3) is 5.91 Å². The Labute approximate surface area is 186 Å². The molecule has 0 saturated carbocycles. The van der Waals surface area contributed by atoms with Gasteiger partial charge in [0, 0.05) is 11.6 Å². The number of carbonyl (C=O) groups is 1. The van der Waals surface area contributed by atoms with Crippen LogP contribution in [0, 0.1) is 0 Å². The predicted molar refractivity (Wildman–Crippen MR) is 130 cm³/mol. The molecular weight excluding hydrogens is 412 g/mol. The van der Waals surface area contributed by atoms with Crippen LogP contribution in [0.2, 0.25) is 0 Å². The molecule has 3 nitrogen and oxygen atoms in total. The summed E-state index contributed by atoms with van der Waals surface area (Å²) in [4.78, 5) is 11.5. The number of hydrogen-bond donors (Lipinski definition) is 2. The molecule has 0 heterocycles. The molecule has 0 fully saturated rings. The van der Waals surface area contributed by atoms with Gasteiger partial charge in [-0.05, 0) is 19.8 Å². The molecule has 0 aromatic heterocycles. The number of unbranched alkanes of at least 4 members (excludes halogenated alkanes) is 14. The lowest BCUT2D eigenvalue weighted by molar-refractivity contribution is -0.118. The first kappa shape index (κ1) is 29.8. The fraction of sp³-hybridized carbons (Fsp3) is 0.875. The van der Waals surface area contributed by atoms with E-state index in [9.17, 15) is 4.79 Å². The van der Waals surface area contributed by atoms with Crippen LogP contribution < -0.4 is 10.9 Å². The Morgan fingerprint density at radius 2 is 1.14 bits per heavy atom. The van der Waals surface area contributed by atoms with Crippen LogP contribution in [0.4, 0.5) is 0 Å².